The Kier molecular flexibility index (Phi) is 5.94. The molecular formula is C23H22F2N10OS. The number of aromatic nitrogens is 9. The number of fused-ring (bicyclic) bond motifs is 1. The second-order valence-corrected chi connectivity index (χ2v) is 9.98. The molecule has 1 N–H and O–H groups in total. The van der Waals surface area contributed by atoms with Crippen LogP contribution in [0.4, 0.5) is 8.78 Å². The topological polar surface area (TPSA) is 121 Å². The molecule has 14 heteroatoms. The third-order valence-corrected chi connectivity index (χ3v) is 7.43. The van der Waals surface area contributed by atoms with Crippen LogP contribution in [0.25, 0.3) is 28.2 Å². The number of halogens is 2. The number of aryl methyl sites for hydroxylation is 1. The first-order chi connectivity index (χ1) is 18.0. The third-order valence-electron chi connectivity index (χ3n) is 6.43. The molecule has 1 fully saturated rings. The van der Waals surface area contributed by atoms with Gasteiger partial charge in [-0.3, -0.25) is 9.48 Å². The minimum absolute atomic E-state index is 0.0213. The standard InChI is InChI=1S/C23H22F2N10OS/c1-33-12-13(9-30-33)21-32-16-10-26-19(35-28-5-6-29-35)8-17(16)34(21)15-4-2-3-14(7-15)31-22(36)23-27-11-18(37-23)20(24)25/h5-6,8-12,14-15,20H,2-4,7H2,1H3,(H,31,36)/t14-,15+/m0/s1. The predicted molar refractivity (Wildman–Crippen MR) is 130 cm³/mol. The van der Waals surface area contributed by atoms with Crippen molar-refractivity contribution in [1.29, 1.82) is 0 Å². The summed E-state index contributed by atoms with van der Waals surface area (Å²) in [6.07, 6.45) is 10.2. The largest absolute Gasteiger partial charge is 0.347 e. The summed E-state index contributed by atoms with van der Waals surface area (Å²) in [4.78, 5) is 27.2. The van der Waals surface area contributed by atoms with Crippen molar-refractivity contribution in [1.82, 2.24) is 49.6 Å². The second kappa shape index (κ2) is 9.42. The van der Waals surface area contributed by atoms with Crippen molar-refractivity contribution < 1.29 is 13.6 Å². The number of nitrogens with one attached hydrogen (secondary N) is 1. The second-order valence-electron chi connectivity index (χ2n) is 8.92. The fourth-order valence-electron chi connectivity index (χ4n) is 4.81. The number of pyridine rings is 1. The molecule has 0 spiro atoms. The quantitative estimate of drug-likeness (QED) is 0.359. The summed E-state index contributed by atoms with van der Waals surface area (Å²) in [5.74, 6) is 0.895. The maximum atomic E-state index is 12.9. The van der Waals surface area contributed by atoms with Crippen LogP contribution in [0.1, 0.15) is 52.8 Å². The Labute approximate surface area is 213 Å². The lowest BCUT2D eigenvalue weighted by Crippen LogP contribution is -2.39. The highest BCUT2D eigenvalue weighted by Gasteiger charge is 2.29. The predicted octanol–water partition coefficient (Wildman–Crippen LogP) is 3.72. The fraction of sp³-hybridized carbons (Fsp3) is 0.348. The van der Waals surface area contributed by atoms with Gasteiger partial charge in [0.2, 0.25) is 0 Å². The van der Waals surface area contributed by atoms with Crippen molar-refractivity contribution in [3.05, 3.63) is 53.1 Å². The fourth-order valence-corrected chi connectivity index (χ4v) is 5.49. The first kappa shape index (κ1) is 23.3. The summed E-state index contributed by atoms with van der Waals surface area (Å²) < 4.78 is 29.8. The number of imidazole rings is 1. The zero-order chi connectivity index (χ0) is 25.5. The van der Waals surface area contributed by atoms with E-state index in [9.17, 15) is 13.6 Å². The van der Waals surface area contributed by atoms with Crippen LogP contribution in [-0.4, -0.2) is 56.2 Å². The van der Waals surface area contributed by atoms with Gasteiger partial charge in [-0.05, 0) is 25.7 Å². The summed E-state index contributed by atoms with van der Waals surface area (Å²) >= 11 is 0.722. The third kappa shape index (κ3) is 4.48. The van der Waals surface area contributed by atoms with Crippen LogP contribution in [0.3, 0.4) is 0 Å². The molecule has 0 radical (unpaired) electrons. The van der Waals surface area contributed by atoms with Crippen molar-refractivity contribution in [2.75, 3.05) is 0 Å². The van der Waals surface area contributed by atoms with E-state index in [1.165, 1.54) is 4.80 Å². The Morgan fingerprint density at radius 2 is 1.97 bits per heavy atom. The number of amides is 1. The van der Waals surface area contributed by atoms with Gasteiger partial charge >= 0.3 is 0 Å². The molecule has 1 aliphatic rings. The number of carbonyl (C=O) groups excluding carboxylic acids is 1. The van der Waals surface area contributed by atoms with E-state index >= 15 is 0 Å². The van der Waals surface area contributed by atoms with Crippen LogP contribution in [0.15, 0.2) is 43.2 Å². The van der Waals surface area contributed by atoms with E-state index in [-0.39, 0.29) is 22.0 Å². The maximum Gasteiger partial charge on any atom is 0.280 e. The number of carbonyl (C=O) groups is 1. The number of hydrogen-bond acceptors (Lipinski definition) is 8. The average molecular weight is 525 g/mol. The van der Waals surface area contributed by atoms with E-state index in [1.54, 1.807) is 29.5 Å². The number of hydrogen-bond donors (Lipinski definition) is 1. The monoisotopic (exact) mass is 524 g/mol. The molecule has 0 saturated heterocycles. The maximum absolute atomic E-state index is 12.9. The summed E-state index contributed by atoms with van der Waals surface area (Å²) in [7, 11) is 1.85. The Morgan fingerprint density at radius 1 is 1.14 bits per heavy atom. The highest BCUT2D eigenvalue weighted by molar-refractivity contribution is 7.13. The molecule has 1 amide bonds. The minimum Gasteiger partial charge on any atom is -0.347 e. The SMILES string of the molecule is Cn1cc(-c2nc3cnc(-n4nccn4)cc3n2[C@@H]2CCC[C@H](NC(=O)c3ncc(C(F)F)s3)C2)cn1. The van der Waals surface area contributed by atoms with Gasteiger partial charge in [0, 0.05) is 37.6 Å². The smallest absolute Gasteiger partial charge is 0.280 e. The zero-order valence-corrected chi connectivity index (χ0v) is 20.5. The molecule has 1 aliphatic carbocycles. The Balaban J connectivity index is 1.34. The van der Waals surface area contributed by atoms with E-state index in [4.69, 9.17) is 4.98 Å². The van der Waals surface area contributed by atoms with Gasteiger partial charge in [-0.2, -0.15) is 15.3 Å². The van der Waals surface area contributed by atoms with Gasteiger partial charge in [0.15, 0.2) is 10.8 Å². The van der Waals surface area contributed by atoms with Crippen molar-refractivity contribution in [2.45, 2.75) is 44.2 Å². The van der Waals surface area contributed by atoms with Crippen molar-refractivity contribution in [3.63, 3.8) is 0 Å². The Hall–Kier alpha value is -4.07. The Morgan fingerprint density at radius 3 is 2.70 bits per heavy atom. The van der Waals surface area contributed by atoms with Crippen LogP contribution < -0.4 is 5.32 Å². The van der Waals surface area contributed by atoms with Crippen molar-refractivity contribution in [2.24, 2.45) is 7.05 Å². The molecule has 5 aromatic rings. The molecule has 0 unspecified atom stereocenters. The summed E-state index contributed by atoms with van der Waals surface area (Å²) in [6.45, 7) is 0. The van der Waals surface area contributed by atoms with E-state index in [0.29, 0.717) is 12.2 Å². The highest BCUT2D eigenvalue weighted by atomic mass is 32.1. The average Bonchev–Trinajstić information content (AvgIpc) is 3.69. The number of alkyl halides is 2. The van der Waals surface area contributed by atoms with Crippen molar-refractivity contribution >= 4 is 28.3 Å². The van der Waals surface area contributed by atoms with E-state index < -0.39 is 12.3 Å². The number of thiazole rings is 1. The van der Waals surface area contributed by atoms with Gasteiger partial charge in [0.05, 0.1) is 40.7 Å². The normalized spacial score (nSPS) is 18.1. The van der Waals surface area contributed by atoms with Gasteiger partial charge < -0.3 is 9.88 Å². The first-order valence-corrected chi connectivity index (χ1v) is 12.6. The molecule has 190 valence electrons. The molecule has 5 aromatic heterocycles. The van der Waals surface area contributed by atoms with E-state index in [2.05, 4.69) is 35.1 Å². The van der Waals surface area contributed by atoms with Gasteiger partial charge in [-0.25, -0.2) is 23.7 Å². The van der Waals surface area contributed by atoms with Crippen LogP contribution in [0.5, 0.6) is 0 Å². The highest BCUT2D eigenvalue weighted by Crippen LogP contribution is 2.36. The van der Waals surface area contributed by atoms with Crippen LogP contribution in [0, 0.1) is 0 Å². The summed E-state index contributed by atoms with van der Waals surface area (Å²) in [5.41, 5.74) is 2.47. The van der Waals surface area contributed by atoms with E-state index in [0.717, 1.165) is 59.2 Å². The first-order valence-electron chi connectivity index (χ1n) is 11.7. The molecule has 37 heavy (non-hydrogen) atoms. The molecule has 6 rings (SSSR count). The number of nitrogens with zero attached hydrogens (tertiary/aromatic N) is 9. The molecule has 0 aliphatic heterocycles. The Bertz CT molecular complexity index is 1560. The summed E-state index contributed by atoms with van der Waals surface area (Å²) in [5, 5.41) is 15.7. The molecule has 11 nitrogen and oxygen atoms in total. The molecule has 5 heterocycles. The molecule has 0 aromatic carbocycles. The van der Waals surface area contributed by atoms with Crippen LogP contribution in [0.2, 0.25) is 0 Å². The van der Waals surface area contributed by atoms with Gasteiger partial charge in [-0.15, -0.1) is 16.1 Å². The van der Waals surface area contributed by atoms with Crippen LogP contribution in [-0.2, 0) is 7.05 Å². The van der Waals surface area contributed by atoms with Crippen molar-refractivity contribution in [3.8, 4) is 17.2 Å². The molecule has 2 atom stereocenters. The lowest BCUT2D eigenvalue weighted by atomic mass is 9.90. The van der Waals surface area contributed by atoms with Gasteiger partial charge in [0.25, 0.3) is 12.3 Å². The van der Waals surface area contributed by atoms with Crippen LogP contribution >= 0.6 is 11.3 Å². The van der Waals surface area contributed by atoms with Gasteiger partial charge in [-0.1, -0.05) is 0 Å². The lowest BCUT2D eigenvalue weighted by Gasteiger charge is -2.31. The minimum atomic E-state index is -2.64. The van der Waals surface area contributed by atoms with E-state index in [1.807, 2.05) is 19.3 Å². The summed E-state index contributed by atoms with van der Waals surface area (Å²) in [6, 6.07) is 1.79. The lowest BCUT2D eigenvalue weighted by molar-refractivity contribution is 0.0920. The van der Waals surface area contributed by atoms with Gasteiger partial charge in [0.1, 0.15) is 11.3 Å². The molecule has 0 bridgehead atoms. The molecule has 1 saturated carbocycles. The molecular weight excluding hydrogens is 502 g/mol. The zero-order valence-electron chi connectivity index (χ0n) is 19.7. The number of rotatable bonds is 6.